The summed E-state index contributed by atoms with van der Waals surface area (Å²) in [5, 5.41) is 9.02. The van der Waals surface area contributed by atoms with Crippen LogP contribution in [0.3, 0.4) is 0 Å². The summed E-state index contributed by atoms with van der Waals surface area (Å²) in [6.07, 6.45) is 0. The number of aromatic carboxylic acids is 1. The second-order valence-corrected chi connectivity index (χ2v) is 6.59. The first-order chi connectivity index (χ1) is 10.5. The molecule has 4 nitrogen and oxygen atoms in total. The third-order valence-electron chi connectivity index (χ3n) is 2.75. The molecular weight excluding hydrogens is 517 g/mol. The van der Waals surface area contributed by atoms with Gasteiger partial charge in [-0.15, -0.1) is 0 Å². The Kier molecular flexibility index (Phi) is 6.24. The molecule has 0 saturated carbocycles. The van der Waals surface area contributed by atoms with E-state index in [-0.39, 0.29) is 12.2 Å². The number of alkyl halides is 1. The summed E-state index contributed by atoms with van der Waals surface area (Å²) in [4.78, 5) is 11.0. The maximum Gasteiger partial charge on any atom is 0.335 e. The fourth-order valence-corrected chi connectivity index (χ4v) is 3.84. The third-order valence-corrected chi connectivity index (χ3v) is 4.35. The minimum absolute atomic E-state index is 0.222. The highest BCUT2D eigenvalue weighted by Gasteiger charge is 2.13. The van der Waals surface area contributed by atoms with Gasteiger partial charge in [0, 0.05) is 0 Å². The van der Waals surface area contributed by atoms with Gasteiger partial charge in [0.15, 0.2) is 0 Å². The Bertz CT molecular complexity index is 668. The molecule has 0 unspecified atom stereocenters. The van der Waals surface area contributed by atoms with E-state index in [2.05, 4.69) is 0 Å². The molecule has 0 heterocycles. The number of carboxylic acids is 1. The lowest BCUT2D eigenvalue weighted by atomic mass is 10.2. The van der Waals surface area contributed by atoms with Crippen LogP contribution in [0.25, 0.3) is 0 Å². The highest BCUT2D eigenvalue weighted by molar-refractivity contribution is 14.1. The van der Waals surface area contributed by atoms with Gasteiger partial charge in [0.25, 0.3) is 0 Å². The van der Waals surface area contributed by atoms with Crippen molar-refractivity contribution in [3.8, 4) is 11.5 Å². The van der Waals surface area contributed by atoms with Crippen molar-refractivity contribution in [2.45, 2.75) is 6.61 Å². The Hall–Kier alpha value is -1.10. The zero-order valence-corrected chi connectivity index (χ0v) is 15.5. The van der Waals surface area contributed by atoms with Crippen molar-refractivity contribution in [3.63, 3.8) is 0 Å². The van der Waals surface area contributed by atoms with E-state index < -0.39 is 12.8 Å². The van der Waals surface area contributed by atoms with Crippen LogP contribution in [0, 0.1) is 7.14 Å². The van der Waals surface area contributed by atoms with Crippen LogP contribution in [0.15, 0.2) is 36.4 Å². The van der Waals surface area contributed by atoms with Crippen molar-refractivity contribution < 1.29 is 23.8 Å². The molecule has 2 rings (SSSR count). The van der Waals surface area contributed by atoms with Gasteiger partial charge in [-0.25, -0.2) is 9.18 Å². The molecule has 116 valence electrons. The molecule has 0 bridgehead atoms. The number of ether oxygens (including phenoxy) is 2. The monoisotopic (exact) mass is 528 g/mol. The normalized spacial score (nSPS) is 10.3. The Balaban J connectivity index is 2.15. The van der Waals surface area contributed by atoms with Gasteiger partial charge in [-0.2, -0.15) is 0 Å². The molecule has 0 atom stereocenters. The van der Waals surface area contributed by atoms with Crippen LogP contribution in [0.5, 0.6) is 11.5 Å². The predicted molar refractivity (Wildman–Crippen MR) is 96.2 cm³/mol. The van der Waals surface area contributed by atoms with Gasteiger partial charge in [-0.1, -0.05) is 12.1 Å². The molecule has 0 amide bonds. The van der Waals surface area contributed by atoms with Crippen LogP contribution in [0.1, 0.15) is 15.9 Å². The SMILES string of the molecule is O=C(O)c1cc(I)c(OCc2cccc(OCF)c2)c(I)c1. The van der Waals surface area contributed by atoms with Gasteiger partial charge in [-0.05, 0) is 75.0 Å². The summed E-state index contributed by atoms with van der Waals surface area (Å²) in [5.41, 5.74) is 1.05. The van der Waals surface area contributed by atoms with Crippen LogP contribution in [-0.4, -0.2) is 17.9 Å². The van der Waals surface area contributed by atoms with E-state index in [9.17, 15) is 9.18 Å². The standard InChI is InChI=1S/C15H11FI2O4/c16-8-22-11-3-1-2-9(4-11)7-21-14-12(17)5-10(15(19)20)6-13(14)18/h1-6H,7-8H2,(H,19,20). The zero-order chi connectivity index (χ0) is 16.1. The van der Waals surface area contributed by atoms with Gasteiger partial charge < -0.3 is 14.6 Å². The Morgan fingerprint density at radius 2 is 1.82 bits per heavy atom. The number of carboxylic acid groups (broad SMARTS) is 1. The van der Waals surface area contributed by atoms with E-state index in [1.165, 1.54) is 0 Å². The fraction of sp³-hybridized carbons (Fsp3) is 0.133. The first-order valence-electron chi connectivity index (χ1n) is 6.14. The average Bonchev–Trinajstić information content (AvgIpc) is 2.47. The van der Waals surface area contributed by atoms with Gasteiger partial charge in [0.2, 0.25) is 6.86 Å². The molecule has 22 heavy (non-hydrogen) atoms. The van der Waals surface area contributed by atoms with Crippen molar-refractivity contribution >= 4 is 51.2 Å². The maximum absolute atomic E-state index is 12.2. The molecule has 0 spiro atoms. The topological polar surface area (TPSA) is 55.8 Å². The lowest BCUT2D eigenvalue weighted by Crippen LogP contribution is -2.03. The van der Waals surface area contributed by atoms with Gasteiger partial charge in [-0.3, -0.25) is 0 Å². The summed E-state index contributed by atoms with van der Waals surface area (Å²) >= 11 is 4.08. The largest absolute Gasteiger partial charge is 0.487 e. The van der Waals surface area contributed by atoms with E-state index in [1.807, 2.05) is 51.2 Å². The van der Waals surface area contributed by atoms with Crippen molar-refractivity contribution in [1.82, 2.24) is 0 Å². The van der Waals surface area contributed by atoms with Gasteiger partial charge >= 0.3 is 5.97 Å². The Morgan fingerprint density at radius 3 is 2.41 bits per heavy atom. The Labute approximate surface area is 153 Å². The Morgan fingerprint density at radius 1 is 1.14 bits per heavy atom. The lowest BCUT2D eigenvalue weighted by Gasteiger charge is -2.12. The number of carbonyl (C=O) groups is 1. The first kappa shape index (κ1) is 17.3. The highest BCUT2D eigenvalue weighted by Crippen LogP contribution is 2.30. The molecule has 1 N–H and O–H groups in total. The van der Waals surface area contributed by atoms with Crippen LogP contribution in [0.4, 0.5) is 4.39 Å². The van der Waals surface area contributed by atoms with Crippen molar-refractivity contribution in [2.24, 2.45) is 0 Å². The summed E-state index contributed by atoms with van der Waals surface area (Å²) < 4.78 is 24.2. The predicted octanol–water partition coefficient (Wildman–Crippen LogP) is 4.48. The van der Waals surface area contributed by atoms with Crippen LogP contribution in [-0.2, 0) is 6.61 Å². The number of hydrogen-bond donors (Lipinski definition) is 1. The summed E-state index contributed by atoms with van der Waals surface area (Å²) in [6, 6.07) is 10.1. The summed E-state index contributed by atoms with van der Waals surface area (Å²) in [7, 11) is 0. The molecule has 2 aromatic rings. The molecule has 0 fully saturated rings. The zero-order valence-electron chi connectivity index (χ0n) is 11.2. The van der Waals surface area contributed by atoms with Crippen LogP contribution in [0.2, 0.25) is 0 Å². The highest BCUT2D eigenvalue weighted by atomic mass is 127. The molecular formula is C15H11FI2O4. The van der Waals surface area contributed by atoms with Crippen molar-refractivity contribution in [2.75, 3.05) is 6.86 Å². The number of rotatable bonds is 6. The molecule has 0 radical (unpaired) electrons. The quantitative estimate of drug-likeness (QED) is 0.563. The molecule has 0 aromatic heterocycles. The minimum atomic E-state index is -0.974. The lowest BCUT2D eigenvalue weighted by molar-refractivity contribution is 0.0696. The van der Waals surface area contributed by atoms with E-state index in [0.717, 1.165) is 12.7 Å². The average molecular weight is 528 g/mol. The number of benzene rings is 2. The molecule has 7 heteroatoms. The molecule has 0 saturated heterocycles. The molecule has 0 aliphatic heterocycles. The van der Waals surface area contributed by atoms with Crippen LogP contribution < -0.4 is 9.47 Å². The van der Waals surface area contributed by atoms with Crippen LogP contribution >= 0.6 is 45.2 Å². The van der Waals surface area contributed by atoms with E-state index >= 15 is 0 Å². The molecule has 2 aromatic carbocycles. The molecule has 0 aliphatic rings. The second kappa shape index (κ2) is 7.95. The summed E-state index contributed by atoms with van der Waals surface area (Å²) in [6.45, 7) is -0.599. The van der Waals surface area contributed by atoms with Crippen molar-refractivity contribution in [1.29, 1.82) is 0 Å². The van der Waals surface area contributed by atoms with Gasteiger partial charge in [0.05, 0.1) is 12.7 Å². The number of halogens is 3. The minimum Gasteiger partial charge on any atom is -0.487 e. The first-order valence-corrected chi connectivity index (χ1v) is 8.30. The third kappa shape index (κ3) is 4.45. The maximum atomic E-state index is 12.2. The van der Waals surface area contributed by atoms with Gasteiger partial charge in [0.1, 0.15) is 18.1 Å². The summed E-state index contributed by atoms with van der Waals surface area (Å²) in [5.74, 6) is 0.0932. The fourth-order valence-electron chi connectivity index (χ4n) is 1.76. The van der Waals surface area contributed by atoms with E-state index in [0.29, 0.717) is 11.5 Å². The second-order valence-electron chi connectivity index (χ2n) is 4.26. The van der Waals surface area contributed by atoms with Crippen molar-refractivity contribution in [3.05, 3.63) is 54.7 Å². The number of hydrogen-bond acceptors (Lipinski definition) is 3. The molecule has 0 aliphatic carbocycles. The van der Waals surface area contributed by atoms with E-state index in [1.54, 1.807) is 30.3 Å². The smallest absolute Gasteiger partial charge is 0.335 e. The van der Waals surface area contributed by atoms with E-state index in [4.69, 9.17) is 14.6 Å².